The average molecular weight is 366 g/mol. The highest BCUT2D eigenvalue weighted by atomic mass is 14.7. The van der Waals surface area contributed by atoms with E-state index in [1.807, 2.05) is 13.8 Å². The molecule has 0 radical (unpaired) electrons. The molecule has 0 aromatic carbocycles. The first kappa shape index (κ1) is 23.0. The van der Waals surface area contributed by atoms with Crippen molar-refractivity contribution in [3.63, 3.8) is 0 Å². The van der Waals surface area contributed by atoms with E-state index in [1.165, 1.54) is 39.4 Å². The van der Waals surface area contributed by atoms with Crippen molar-refractivity contribution in [3.05, 3.63) is 63.9 Å². The van der Waals surface area contributed by atoms with Crippen molar-refractivity contribution < 1.29 is 0 Å². The molecule has 0 saturated carbocycles. The first-order valence-corrected chi connectivity index (χ1v) is 10.6. The normalized spacial score (nSPS) is 16.6. The third kappa shape index (κ3) is 6.27. The summed E-state index contributed by atoms with van der Waals surface area (Å²) in [6.45, 7) is 17.2. The molecule has 0 atom stereocenters. The van der Waals surface area contributed by atoms with E-state index < -0.39 is 0 Å². The summed E-state index contributed by atoms with van der Waals surface area (Å²) in [7, 11) is 0. The van der Waals surface area contributed by atoms with Gasteiger partial charge in [-0.2, -0.15) is 0 Å². The lowest BCUT2D eigenvalue weighted by Crippen LogP contribution is -2.25. The zero-order valence-electron chi connectivity index (χ0n) is 18.7. The Hall–Kier alpha value is -2.02. The van der Waals surface area contributed by atoms with Gasteiger partial charge < -0.3 is 4.98 Å². The van der Waals surface area contributed by atoms with Crippen molar-refractivity contribution in [3.8, 4) is 0 Å². The quantitative estimate of drug-likeness (QED) is 0.607. The Morgan fingerprint density at radius 3 is 2.33 bits per heavy atom. The van der Waals surface area contributed by atoms with E-state index in [2.05, 4.69) is 95.1 Å². The van der Waals surface area contributed by atoms with E-state index in [0.29, 0.717) is 0 Å². The van der Waals surface area contributed by atoms with Crippen LogP contribution in [-0.4, -0.2) is 4.98 Å². The maximum Gasteiger partial charge on any atom is 0.0494 e. The molecule has 1 heterocycles. The molecule has 0 bridgehead atoms. The van der Waals surface area contributed by atoms with Crippen molar-refractivity contribution in [2.24, 2.45) is 5.41 Å². The van der Waals surface area contributed by atoms with Crippen LogP contribution in [0.3, 0.4) is 0 Å². The summed E-state index contributed by atoms with van der Waals surface area (Å²) in [5, 5.41) is 2.55. The van der Waals surface area contributed by atoms with Gasteiger partial charge in [-0.3, -0.25) is 0 Å². The molecule has 148 valence electrons. The SMILES string of the molecule is CC.CCC.CCC1=CC=C(c2[nH]c3c(c2C)=CC=CC(C)(C)C=3)C=CC1. The number of H-pyrrole nitrogens is 1. The predicted octanol–water partition coefficient (Wildman–Crippen LogP) is 6.60. The molecule has 27 heavy (non-hydrogen) atoms. The molecule has 2 aliphatic carbocycles. The number of allylic oxidation sites excluding steroid dienone is 8. The molecule has 0 fully saturated rings. The molecule has 1 aromatic heterocycles. The van der Waals surface area contributed by atoms with Gasteiger partial charge in [0, 0.05) is 21.7 Å². The van der Waals surface area contributed by atoms with Crippen LogP contribution >= 0.6 is 0 Å². The number of aromatic amines is 1. The number of nitrogens with one attached hydrogen (secondary N) is 1. The molecular formula is C26H39N. The molecule has 1 aromatic rings. The second kappa shape index (κ2) is 11.0. The Morgan fingerprint density at radius 1 is 1.04 bits per heavy atom. The van der Waals surface area contributed by atoms with Crippen LogP contribution in [0.1, 0.15) is 79.0 Å². The highest BCUT2D eigenvalue weighted by Gasteiger charge is 2.14. The van der Waals surface area contributed by atoms with E-state index in [9.17, 15) is 0 Å². The van der Waals surface area contributed by atoms with Crippen LogP contribution in [0.4, 0.5) is 0 Å². The Kier molecular flexibility index (Phi) is 9.35. The molecule has 0 amide bonds. The van der Waals surface area contributed by atoms with Crippen LogP contribution in [-0.2, 0) is 0 Å². The summed E-state index contributed by atoms with van der Waals surface area (Å²) >= 11 is 0. The zero-order chi connectivity index (χ0) is 20.4. The van der Waals surface area contributed by atoms with E-state index in [4.69, 9.17) is 0 Å². The third-order valence-electron chi connectivity index (χ3n) is 4.55. The fraction of sp³-hybridized carbons (Fsp3) is 0.462. The van der Waals surface area contributed by atoms with Crippen molar-refractivity contribution in [1.82, 2.24) is 4.98 Å². The minimum atomic E-state index is 0.0826. The minimum Gasteiger partial charge on any atom is -0.355 e. The lowest BCUT2D eigenvalue weighted by atomic mass is 9.93. The Bertz CT molecular complexity index is 836. The first-order chi connectivity index (χ1) is 12.9. The molecule has 0 unspecified atom stereocenters. The maximum atomic E-state index is 3.65. The number of rotatable bonds is 2. The van der Waals surface area contributed by atoms with Gasteiger partial charge in [0.05, 0.1) is 0 Å². The molecule has 1 heteroatoms. The van der Waals surface area contributed by atoms with Crippen LogP contribution in [0.15, 0.2) is 42.0 Å². The predicted molar refractivity (Wildman–Crippen MR) is 124 cm³/mol. The Labute approximate surface area is 167 Å². The summed E-state index contributed by atoms with van der Waals surface area (Å²) < 4.78 is 0. The number of hydrogen-bond donors (Lipinski definition) is 1. The molecule has 1 N–H and O–H groups in total. The van der Waals surface area contributed by atoms with Crippen LogP contribution < -0.4 is 10.6 Å². The van der Waals surface area contributed by atoms with Crippen molar-refractivity contribution in [2.45, 2.75) is 74.7 Å². The Balaban J connectivity index is 0.000000665. The first-order valence-electron chi connectivity index (χ1n) is 10.6. The summed E-state index contributed by atoms with van der Waals surface area (Å²) in [6.07, 6.45) is 21.5. The van der Waals surface area contributed by atoms with E-state index in [0.717, 1.165) is 12.8 Å². The van der Waals surface area contributed by atoms with Crippen molar-refractivity contribution >= 4 is 17.7 Å². The fourth-order valence-electron chi connectivity index (χ4n) is 3.16. The number of fused-ring (bicyclic) bond motifs is 1. The van der Waals surface area contributed by atoms with Gasteiger partial charge in [0.25, 0.3) is 0 Å². The third-order valence-corrected chi connectivity index (χ3v) is 4.55. The van der Waals surface area contributed by atoms with Gasteiger partial charge in [0.15, 0.2) is 0 Å². The van der Waals surface area contributed by atoms with Gasteiger partial charge in [-0.05, 0) is 30.9 Å². The smallest absolute Gasteiger partial charge is 0.0494 e. The molecule has 3 rings (SSSR count). The van der Waals surface area contributed by atoms with Gasteiger partial charge >= 0.3 is 0 Å². The van der Waals surface area contributed by atoms with Gasteiger partial charge in [0.1, 0.15) is 0 Å². The van der Waals surface area contributed by atoms with Gasteiger partial charge in [0.2, 0.25) is 0 Å². The highest BCUT2D eigenvalue weighted by Crippen LogP contribution is 2.23. The van der Waals surface area contributed by atoms with E-state index in [-0.39, 0.29) is 5.41 Å². The largest absolute Gasteiger partial charge is 0.355 e. The van der Waals surface area contributed by atoms with Crippen LogP contribution in [0.25, 0.3) is 17.7 Å². The zero-order valence-corrected chi connectivity index (χ0v) is 18.7. The summed E-state index contributed by atoms with van der Waals surface area (Å²) in [5.41, 5.74) is 5.42. The molecule has 1 nitrogen and oxygen atoms in total. The number of hydrogen-bond acceptors (Lipinski definition) is 0. The summed E-state index contributed by atoms with van der Waals surface area (Å²) in [4.78, 5) is 3.65. The summed E-state index contributed by atoms with van der Waals surface area (Å²) in [6, 6.07) is 0. The second-order valence-corrected chi connectivity index (χ2v) is 7.56. The molecular weight excluding hydrogens is 326 g/mol. The highest BCUT2D eigenvalue weighted by molar-refractivity contribution is 5.76. The maximum absolute atomic E-state index is 3.65. The topological polar surface area (TPSA) is 15.8 Å². The van der Waals surface area contributed by atoms with Crippen LogP contribution in [0.2, 0.25) is 0 Å². The van der Waals surface area contributed by atoms with Crippen LogP contribution in [0.5, 0.6) is 0 Å². The molecule has 0 spiro atoms. The van der Waals surface area contributed by atoms with Crippen molar-refractivity contribution in [1.29, 1.82) is 0 Å². The van der Waals surface area contributed by atoms with Gasteiger partial charge in [-0.25, -0.2) is 0 Å². The van der Waals surface area contributed by atoms with Gasteiger partial charge in [-0.15, -0.1) is 0 Å². The monoisotopic (exact) mass is 365 g/mol. The minimum absolute atomic E-state index is 0.0826. The van der Waals surface area contributed by atoms with E-state index >= 15 is 0 Å². The standard InChI is InChI=1S/C21H25N.C3H8.C2H6/c1-5-16-8-6-9-17(12-11-16)20-15(2)18-10-7-13-21(3,4)14-19(18)22-20;1-3-2;1-2/h6-7,9-14,22H,5,8H2,1-4H3;3H2,1-2H3;1-2H3. The summed E-state index contributed by atoms with van der Waals surface area (Å²) in [5.74, 6) is 0. The lowest BCUT2D eigenvalue weighted by Gasteiger charge is -2.12. The van der Waals surface area contributed by atoms with Crippen LogP contribution in [0, 0.1) is 12.3 Å². The molecule has 0 aliphatic heterocycles. The Morgan fingerprint density at radius 2 is 1.70 bits per heavy atom. The average Bonchev–Trinajstić information content (AvgIpc) is 2.82. The fourth-order valence-corrected chi connectivity index (χ4v) is 3.16. The number of aromatic nitrogens is 1. The molecule has 0 saturated heterocycles. The van der Waals surface area contributed by atoms with Gasteiger partial charge in [-0.1, -0.05) is 109 Å². The van der Waals surface area contributed by atoms with E-state index in [1.54, 1.807) is 0 Å². The van der Waals surface area contributed by atoms with Crippen molar-refractivity contribution in [2.75, 3.05) is 0 Å². The second-order valence-electron chi connectivity index (χ2n) is 7.56. The lowest BCUT2D eigenvalue weighted by molar-refractivity contribution is 0.669. The molecule has 2 aliphatic rings.